The van der Waals surface area contributed by atoms with E-state index in [1.807, 2.05) is 13.8 Å². The van der Waals surface area contributed by atoms with Crippen molar-refractivity contribution in [2.75, 3.05) is 0 Å². The van der Waals surface area contributed by atoms with Gasteiger partial charge in [-0.2, -0.15) is 0 Å². The van der Waals surface area contributed by atoms with Crippen molar-refractivity contribution in [2.45, 2.75) is 30.6 Å². The number of rotatable bonds is 3. The predicted molar refractivity (Wildman–Crippen MR) is 83.3 cm³/mol. The quantitative estimate of drug-likeness (QED) is 0.812. The van der Waals surface area contributed by atoms with Crippen LogP contribution in [-0.2, 0) is 17.7 Å². The van der Waals surface area contributed by atoms with Crippen LogP contribution in [0.25, 0.3) is 0 Å². The van der Waals surface area contributed by atoms with Crippen molar-refractivity contribution in [2.24, 2.45) is 0 Å². The van der Waals surface area contributed by atoms with Gasteiger partial charge in [-0.15, -0.1) is 0 Å². The van der Waals surface area contributed by atoms with E-state index in [0.717, 1.165) is 5.56 Å². The summed E-state index contributed by atoms with van der Waals surface area (Å²) in [7, 11) is -8.87. The zero-order valence-corrected chi connectivity index (χ0v) is 13.8. The Kier molecular flexibility index (Phi) is 5.69. The van der Waals surface area contributed by atoms with E-state index in [1.54, 1.807) is 25.1 Å². The molecule has 0 aliphatic rings. The molecular weight excluding hydrogens is 308 g/mol. The molecule has 0 bridgehead atoms. The maximum atomic E-state index is 12.2. The summed E-state index contributed by atoms with van der Waals surface area (Å²) in [5.74, 6) is 0. The number of benzene rings is 2. The second-order valence-electron chi connectivity index (χ2n) is 4.03. The van der Waals surface area contributed by atoms with Crippen LogP contribution in [0.4, 0.5) is 0 Å². The van der Waals surface area contributed by atoms with E-state index in [2.05, 4.69) is 0 Å². The summed E-state index contributed by atoms with van der Waals surface area (Å²) in [5.41, 5.74) is 0.857. The van der Waals surface area contributed by atoms with Gasteiger partial charge in [-0.05, 0) is 31.2 Å². The molecule has 21 heavy (non-hydrogen) atoms. The zero-order chi connectivity index (χ0) is 16.1. The summed E-state index contributed by atoms with van der Waals surface area (Å²) >= 11 is 0. The van der Waals surface area contributed by atoms with Crippen LogP contribution in [0.1, 0.15) is 19.4 Å². The molecule has 0 aliphatic carbocycles. The van der Waals surface area contributed by atoms with Crippen LogP contribution in [0, 0.1) is 6.92 Å². The molecule has 0 saturated heterocycles. The first-order chi connectivity index (χ1) is 9.85. The van der Waals surface area contributed by atoms with Crippen molar-refractivity contribution >= 4 is 17.7 Å². The topological polar surface area (TPSA) is 68.3 Å². The van der Waals surface area contributed by atoms with Crippen LogP contribution in [-0.4, -0.2) is 16.8 Å². The first-order valence-corrected chi connectivity index (χ1v) is 9.96. The summed E-state index contributed by atoms with van der Waals surface area (Å²) in [5, 5.41) is 0. The second-order valence-corrected chi connectivity index (χ2v) is 9.43. The molecule has 6 heteroatoms. The van der Waals surface area contributed by atoms with Crippen LogP contribution in [0.5, 0.6) is 0 Å². The highest BCUT2D eigenvalue weighted by Gasteiger charge is 2.33. The fraction of sp³-hybridized carbons (Fsp3) is 0.200. The second kappa shape index (κ2) is 6.87. The average Bonchev–Trinajstić information content (AvgIpc) is 2.50. The monoisotopic (exact) mass is 326 g/mol. The molecule has 0 heterocycles. The Morgan fingerprint density at radius 1 is 0.619 bits per heavy atom. The van der Waals surface area contributed by atoms with E-state index in [9.17, 15) is 16.8 Å². The highest BCUT2D eigenvalue weighted by Crippen LogP contribution is 2.24. The van der Waals surface area contributed by atoms with Crippen LogP contribution in [0.2, 0.25) is 0 Å². The normalized spacial score (nSPS) is 11.4. The molecule has 2 rings (SSSR count). The molecule has 0 unspecified atom stereocenters. The fourth-order valence-corrected chi connectivity index (χ4v) is 5.20. The zero-order valence-electron chi connectivity index (χ0n) is 12.1. The maximum absolute atomic E-state index is 12.2. The third-order valence-electron chi connectivity index (χ3n) is 2.63. The Bertz CT molecular complexity index is 775. The van der Waals surface area contributed by atoms with Crippen molar-refractivity contribution < 1.29 is 16.8 Å². The lowest BCUT2D eigenvalue weighted by Crippen LogP contribution is -2.16. The number of hydrogen-bond acceptors (Lipinski definition) is 4. The van der Waals surface area contributed by atoms with Gasteiger partial charge in [0.25, 0.3) is 17.7 Å². The van der Waals surface area contributed by atoms with E-state index >= 15 is 0 Å². The largest absolute Gasteiger partial charge is 0.286 e. The van der Waals surface area contributed by atoms with Crippen molar-refractivity contribution in [3.63, 3.8) is 0 Å². The fourth-order valence-electron chi connectivity index (χ4n) is 1.55. The van der Waals surface area contributed by atoms with Gasteiger partial charge in [-0.3, -0.25) is 0 Å². The molecule has 0 spiro atoms. The maximum Gasteiger partial charge on any atom is 0.286 e. The lowest BCUT2D eigenvalue weighted by Gasteiger charge is -2.06. The first kappa shape index (κ1) is 17.4. The van der Waals surface area contributed by atoms with Crippen LogP contribution >= 0.6 is 0 Å². The highest BCUT2D eigenvalue weighted by molar-refractivity contribution is 8.67. The third kappa shape index (κ3) is 3.51. The minimum atomic E-state index is -4.44. The first-order valence-electron chi connectivity index (χ1n) is 6.47. The molecule has 0 aromatic heterocycles. The highest BCUT2D eigenvalue weighted by atomic mass is 33.2. The molecule has 0 saturated carbocycles. The number of hydrogen-bond donors (Lipinski definition) is 0. The van der Waals surface area contributed by atoms with Gasteiger partial charge in [0, 0.05) is 0 Å². The number of aryl methyl sites for hydroxylation is 1. The van der Waals surface area contributed by atoms with Crippen molar-refractivity contribution in [3.8, 4) is 0 Å². The van der Waals surface area contributed by atoms with Gasteiger partial charge in [0.1, 0.15) is 0 Å². The smallest absolute Gasteiger partial charge is 0.207 e. The molecule has 0 N–H and O–H groups in total. The van der Waals surface area contributed by atoms with Crippen molar-refractivity contribution in [1.82, 2.24) is 0 Å². The minimum absolute atomic E-state index is 0.220. The van der Waals surface area contributed by atoms with E-state index in [4.69, 9.17) is 0 Å². The average molecular weight is 326 g/mol. The summed E-state index contributed by atoms with van der Waals surface area (Å²) < 4.78 is 48.7. The molecule has 114 valence electrons. The van der Waals surface area contributed by atoms with E-state index in [1.165, 1.54) is 36.4 Å². The van der Waals surface area contributed by atoms with Crippen molar-refractivity contribution in [3.05, 3.63) is 60.2 Å². The summed E-state index contributed by atoms with van der Waals surface area (Å²) in [4.78, 5) is -0.447. The molecule has 4 nitrogen and oxygen atoms in total. The third-order valence-corrected chi connectivity index (χ3v) is 7.80. The standard InChI is InChI=1S/C13H12O4S2.C2H6/c1-11-7-9-13(10-8-11)19(16,17)18(14,15)12-5-3-2-4-6-12;1-2/h2-10H,1H3;1-2H3. The van der Waals surface area contributed by atoms with Gasteiger partial charge in [0.05, 0.1) is 9.79 Å². The Labute approximate surface area is 125 Å². The molecule has 0 amide bonds. The summed E-state index contributed by atoms with van der Waals surface area (Å²) in [6.45, 7) is 5.79. The van der Waals surface area contributed by atoms with Gasteiger partial charge in [-0.25, -0.2) is 16.8 Å². The summed E-state index contributed by atoms with van der Waals surface area (Å²) in [6.07, 6.45) is 0. The Morgan fingerprint density at radius 3 is 1.43 bits per heavy atom. The molecule has 0 aliphatic heterocycles. The lowest BCUT2D eigenvalue weighted by molar-refractivity contribution is 0.582. The van der Waals surface area contributed by atoms with Crippen LogP contribution in [0.15, 0.2) is 64.4 Å². The summed E-state index contributed by atoms with van der Waals surface area (Å²) in [6, 6.07) is 12.8. The van der Waals surface area contributed by atoms with E-state index in [0.29, 0.717) is 0 Å². The van der Waals surface area contributed by atoms with Crippen LogP contribution < -0.4 is 0 Å². The Morgan fingerprint density at radius 2 is 1.00 bits per heavy atom. The van der Waals surface area contributed by atoms with Gasteiger partial charge >= 0.3 is 0 Å². The Balaban J connectivity index is 0.00000106. The molecule has 0 fully saturated rings. The molecule has 2 aromatic carbocycles. The van der Waals surface area contributed by atoms with Gasteiger partial charge in [-0.1, -0.05) is 49.7 Å². The van der Waals surface area contributed by atoms with E-state index in [-0.39, 0.29) is 9.79 Å². The van der Waals surface area contributed by atoms with E-state index < -0.39 is 17.7 Å². The Hall–Kier alpha value is -1.66. The van der Waals surface area contributed by atoms with Gasteiger partial charge in [0.2, 0.25) is 0 Å². The van der Waals surface area contributed by atoms with Gasteiger partial charge < -0.3 is 0 Å². The molecule has 2 aromatic rings. The predicted octanol–water partition coefficient (Wildman–Crippen LogP) is 3.18. The van der Waals surface area contributed by atoms with Crippen LogP contribution in [0.3, 0.4) is 0 Å². The molecular formula is C15H18O4S2. The van der Waals surface area contributed by atoms with Crippen molar-refractivity contribution in [1.29, 1.82) is 0 Å². The van der Waals surface area contributed by atoms with Gasteiger partial charge in [0.15, 0.2) is 0 Å². The molecule has 0 radical (unpaired) electrons. The molecule has 0 atom stereocenters. The SMILES string of the molecule is CC.Cc1ccc(S(=O)(=O)S(=O)(=O)c2ccccc2)cc1. The lowest BCUT2D eigenvalue weighted by atomic mass is 10.2. The minimum Gasteiger partial charge on any atom is -0.207 e.